The molecule has 0 spiro atoms. The highest BCUT2D eigenvalue weighted by atomic mass is 16.7. The van der Waals surface area contributed by atoms with Crippen molar-refractivity contribution in [1.29, 1.82) is 0 Å². The summed E-state index contributed by atoms with van der Waals surface area (Å²) < 4.78 is 30.7. The van der Waals surface area contributed by atoms with Crippen LogP contribution < -0.4 is 14.2 Å². The molecule has 0 unspecified atom stereocenters. The van der Waals surface area contributed by atoms with Crippen LogP contribution in [0.5, 0.6) is 17.2 Å². The number of carbonyl (C=O) groups is 1. The molecule has 118 valence electrons. The van der Waals surface area contributed by atoms with Gasteiger partial charge in [-0.3, -0.25) is 4.79 Å². The Labute approximate surface area is 123 Å². The number of methoxy groups -OCH3 is 3. The predicted octanol–water partition coefficient (Wildman–Crippen LogP) is 1.84. The maximum Gasteiger partial charge on any atom is 0.188 e. The topological polar surface area (TPSA) is 72.5 Å². The number of hydrogen-bond donors (Lipinski definition) is 0. The van der Waals surface area contributed by atoms with E-state index < -0.39 is 0 Å². The molecule has 0 radical (unpaired) electrons. The molecule has 21 heavy (non-hydrogen) atoms. The average Bonchev–Trinajstić information content (AvgIpc) is 2.48. The summed E-state index contributed by atoms with van der Waals surface area (Å²) in [5, 5.41) is 0. The highest BCUT2D eigenvalue weighted by Gasteiger charge is 2.16. The van der Waals surface area contributed by atoms with E-state index in [1.54, 1.807) is 6.07 Å². The molecule has 0 aliphatic heterocycles. The summed E-state index contributed by atoms with van der Waals surface area (Å²) in [6, 6.07) is 3.09. The molecule has 0 saturated carbocycles. The Kier molecular flexibility index (Phi) is 7.52. The van der Waals surface area contributed by atoms with Crippen molar-refractivity contribution in [2.75, 3.05) is 41.7 Å². The zero-order chi connectivity index (χ0) is 15.7. The van der Waals surface area contributed by atoms with E-state index in [0.717, 1.165) is 0 Å². The van der Waals surface area contributed by atoms with E-state index in [-0.39, 0.29) is 26.2 Å². The Morgan fingerprint density at radius 2 is 1.24 bits per heavy atom. The molecule has 0 N–H and O–H groups in total. The van der Waals surface area contributed by atoms with Crippen LogP contribution in [0.15, 0.2) is 12.1 Å². The van der Waals surface area contributed by atoms with Gasteiger partial charge in [0.1, 0.15) is 5.75 Å². The molecule has 0 amide bonds. The lowest BCUT2D eigenvalue weighted by Gasteiger charge is -2.16. The van der Waals surface area contributed by atoms with E-state index in [0.29, 0.717) is 22.8 Å². The van der Waals surface area contributed by atoms with Crippen LogP contribution in [-0.4, -0.2) is 47.5 Å². The summed E-state index contributed by atoms with van der Waals surface area (Å²) in [5.41, 5.74) is 0.364. The van der Waals surface area contributed by atoms with Crippen LogP contribution in [-0.2, 0) is 14.2 Å². The molecule has 7 heteroatoms. The van der Waals surface area contributed by atoms with Gasteiger partial charge in [-0.2, -0.15) is 0 Å². The molecule has 0 aromatic heterocycles. The molecular weight excluding hydrogens is 280 g/mol. The van der Waals surface area contributed by atoms with Crippen LogP contribution in [0.3, 0.4) is 0 Å². The summed E-state index contributed by atoms with van der Waals surface area (Å²) in [7, 11) is 4.49. The number of ether oxygens (including phenoxy) is 6. The number of rotatable bonds is 10. The Morgan fingerprint density at radius 3 is 1.67 bits per heavy atom. The summed E-state index contributed by atoms with van der Waals surface area (Å²) in [6.45, 7) is 1.51. The SMILES string of the molecule is COCOc1cc(OCOC)c(C(C)=O)cc1OCOC. The number of benzene rings is 1. The quantitative estimate of drug-likeness (QED) is 0.482. The van der Waals surface area contributed by atoms with E-state index in [9.17, 15) is 4.79 Å². The number of hydrogen-bond acceptors (Lipinski definition) is 7. The number of carbonyl (C=O) groups excluding carboxylic acids is 1. The fourth-order valence-corrected chi connectivity index (χ4v) is 1.53. The average molecular weight is 300 g/mol. The molecule has 1 aromatic carbocycles. The van der Waals surface area contributed by atoms with Crippen molar-refractivity contribution < 1.29 is 33.2 Å². The zero-order valence-corrected chi connectivity index (χ0v) is 12.6. The third-order valence-corrected chi connectivity index (χ3v) is 2.42. The zero-order valence-electron chi connectivity index (χ0n) is 12.6. The molecular formula is C14H20O7. The number of Topliss-reactive ketones (excluding diaryl/α,β-unsaturated/α-hetero) is 1. The molecule has 0 heterocycles. The largest absolute Gasteiger partial charge is 0.467 e. The molecule has 0 bridgehead atoms. The maximum absolute atomic E-state index is 11.7. The van der Waals surface area contributed by atoms with Gasteiger partial charge in [0.25, 0.3) is 0 Å². The Bertz CT molecular complexity index is 459. The second kappa shape index (κ2) is 9.17. The van der Waals surface area contributed by atoms with Crippen molar-refractivity contribution in [2.24, 2.45) is 0 Å². The normalized spacial score (nSPS) is 10.3. The highest BCUT2D eigenvalue weighted by Crippen LogP contribution is 2.35. The Balaban J connectivity index is 3.13. The fraction of sp³-hybridized carbons (Fsp3) is 0.500. The van der Waals surface area contributed by atoms with Gasteiger partial charge in [0.2, 0.25) is 0 Å². The minimum absolute atomic E-state index is 0.0161. The molecule has 1 rings (SSSR count). The summed E-state index contributed by atoms with van der Waals surface area (Å²) in [5.74, 6) is 0.927. The molecule has 0 saturated heterocycles. The molecule has 0 aliphatic rings. The van der Waals surface area contributed by atoms with Crippen molar-refractivity contribution in [3.63, 3.8) is 0 Å². The van der Waals surface area contributed by atoms with E-state index in [1.807, 2.05) is 0 Å². The van der Waals surface area contributed by atoms with Crippen molar-refractivity contribution in [2.45, 2.75) is 6.92 Å². The monoisotopic (exact) mass is 300 g/mol. The third kappa shape index (κ3) is 5.22. The van der Waals surface area contributed by atoms with E-state index in [2.05, 4.69) is 0 Å². The Morgan fingerprint density at radius 1 is 0.810 bits per heavy atom. The van der Waals surface area contributed by atoms with Crippen molar-refractivity contribution >= 4 is 5.78 Å². The standard InChI is InChI=1S/C14H20O7/c1-10(15)11-5-13(20-8-17-3)14(21-9-18-4)6-12(11)19-7-16-2/h5-6H,7-9H2,1-4H3. The van der Waals surface area contributed by atoms with Gasteiger partial charge in [0, 0.05) is 27.4 Å². The first-order valence-electron chi connectivity index (χ1n) is 6.18. The van der Waals surface area contributed by atoms with Crippen molar-refractivity contribution in [1.82, 2.24) is 0 Å². The predicted molar refractivity (Wildman–Crippen MR) is 74.0 cm³/mol. The van der Waals surface area contributed by atoms with Crippen LogP contribution in [0, 0.1) is 0 Å². The van der Waals surface area contributed by atoms with Gasteiger partial charge in [-0.15, -0.1) is 0 Å². The first-order valence-corrected chi connectivity index (χ1v) is 6.18. The van der Waals surface area contributed by atoms with Crippen LogP contribution in [0.2, 0.25) is 0 Å². The lowest BCUT2D eigenvalue weighted by Crippen LogP contribution is -2.08. The summed E-state index contributed by atoms with van der Waals surface area (Å²) in [6.07, 6.45) is 0. The van der Waals surface area contributed by atoms with Crippen LogP contribution in [0.4, 0.5) is 0 Å². The maximum atomic E-state index is 11.7. The van der Waals surface area contributed by atoms with Crippen LogP contribution >= 0.6 is 0 Å². The smallest absolute Gasteiger partial charge is 0.188 e. The minimum atomic E-state index is -0.165. The summed E-state index contributed by atoms with van der Waals surface area (Å²) >= 11 is 0. The van der Waals surface area contributed by atoms with E-state index in [1.165, 1.54) is 34.3 Å². The van der Waals surface area contributed by atoms with Crippen LogP contribution in [0.25, 0.3) is 0 Å². The Hall–Kier alpha value is -1.83. The second-order valence-electron chi connectivity index (χ2n) is 4.00. The second-order valence-corrected chi connectivity index (χ2v) is 4.00. The van der Waals surface area contributed by atoms with E-state index in [4.69, 9.17) is 28.4 Å². The van der Waals surface area contributed by atoms with Gasteiger partial charge in [-0.05, 0) is 13.0 Å². The molecule has 1 aromatic rings. The van der Waals surface area contributed by atoms with Gasteiger partial charge in [-0.25, -0.2) is 0 Å². The lowest BCUT2D eigenvalue weighted by molar-refractivity contribution is 0.0306. The van der Waals surface area contributed by atoms with Gasteiger partial charge in [-0.1, -0.05) is 0 Å². The summed E-state index contributed by atoms with van der Waals surface area (Å²) in [4.78, 5) is 11.7. The minimum Gasteiger partial charge on any atom is -0.467 e. The highest BCUT2D eigenvalue weighted by molar-refractivity contribution is 5.97. The molecule has 0 atom stereocenters. The first kappa shape index (κ1) is 17.2. The van der Waals surface area contributed by atoms with Gasteiger partial charge in [0.05, 0.1) is 5.56 Å². The van der Waals surface area contributed by atoms with Gasteiger partial charge >= 0.3 is 0 Å². The fourth-order valence-electron chi connectivity index (χ4n) is 1.53. The van der Waals surface area contributed by atoms with Gasteiger partial charge < -0.3 is 28.4 Å². The first-order chi connectivity index (χ1) is 10.1. The lowest BCUT2D eigenvalue weighted by atomic mass is 10.1. The molecule has 7 nitrogen and oxygen atoms in total. The molecule has 0 fully saturated rings. The third-order valence-electron chi connectivity index (χ3n) is 2.42. The number of ketones is 1. The van der Waals surface area contributed by atoms with Crippen molar-refractivity contribution in [3.05, 3.63) is 17.7 Å². The van der Waals surface area contributed by atoms with E-state index >= 15 is 0 Å². The van der Waals surface area contributed by atoms with Gasteiger partial charge in [0.15, 0.2) is 37.7 Å². The van der Waals surface area contributed by atoms with Crippen molar-refractivity contribution in [3.8, 4) is 17.2 Å². The molecule has 0 aliphatic carbocycles. The van der Waals surface area contributed by atoms with Crippen LogP contribution in [0.1, 0.15) is 17.3 Å².